The lowest BCUT2D eigenvalue weighted by Gasteiger charge is -1.90. The molecule has 0 bridgehead atoms. The summed E-state index contributed by atoms with van der Waals surface area (Å²) in [4.78, 5) is 0. The van der Waals surface area contributed by atoms with Crippen molar-refractivity contribution in [1.82, 2.24) is 0 Å². The van der Waals surface area contributed by atoms with Crippen molar-refractivity contribution in [2.24, 2.45) is 0 Å². The highest BCUT2D eigenvalue weighted by Crippen LogP contribution is 2.30. The van der Waals surface area contributed by atoms with Gasteiger partial charge in [-0.05, 0) is 6.92 Å². The van der Waals surface area contributed by atoms with Gasteiger partial charge in [-0.25, -0.2) is 0 Å². The molecule has 50 valence electrons. The van der Waals surface area contributed by atoms with Gasteiger partial charge in [0.05, 0.1) is 0 Å². The molecule has 0 aromatic heterocycles. The third kappa shape index (κ3) is 3.67. The predicted octanol–water partition coefficient (Wildman–Crippen LogP) is 2.84. The van der Waals surface area contributed by atoms with Gasteiger partial charge >= 0.3 is 0 Å². The van der Waals surface area contributed by atoms with E-state index in [0.717, 1.165) is 4.58 Å². The minimum atomic E-state index is 0.880. The Hall–Kier alpha value is 0.700. The molecule has 0 spiro atoms. The molecule has 0 atom stereocenters. The van der Waals surface area contributed by atoms with E-state index in [1.54, 1.807) is 0 Å². The van der Waals surface area contributed by atoms with Crippen molar-refractivity contribution in [3.05, 3.63) is 0 Å². The van der Waals surface area contributed by atoms with Crippen molar-refractivity contribution in [3.63, 3.8) is 0 Å². The van der Waals surface area contributed by atoms with Crippen molar-refractivity contribution in [1.29, 1.82) is 0 Å². The van der Waals surface area contributed by atoms with E-state index < -0.39 is 0 Å². The number of hydrogen-bond donors (Lipinski definition) is 0. The van der Waals surface area contributed by atoms with Crippen LogP contribution in [-0.2, 0) is 0 Å². The van der Waals surface area contributed by atoms with Crippen LogP contribution >= 0.6 is 23.5 Å². The summed E-state index contributed by atoms with van der Waals surface area (Å²) < 4.78 is 0.880. The van der Waals surface area contributed by atoms with Crippen LogP contribution in [-0.4, -0.2) is 16.1 Å². The molecule has 0 N–H and O–H groups in total. The van der Waals surface area contributed by atoms with Gasteiger partial charge in [0, 0.05) is 16.1 Å². The third-order valence-electron chi connectivity index (χ3n) is 0.788. The Morgan fingerprint density at radius 2 is 1.50 bits per heavy atom. The molecule has 8 heavy (non-hydrogen) atoms. The maximum Gasteiger partial charge on any atom is 0.0474 e. The van der Waals surface area contributed by atoms with Gasteiger partial charge in [-0.1, -0.05) is 13.8 Å². The molecule has 0 saturated carbocycles. The second-order valence-corrected chi connectivity index (χ2v) is 4.50. The molecule has 0 unspecified atom stereocenters. The summed E-state index contributed by atoms with van der Waals surface area (Å²) in [6.07, 6.45) is 0. The predicted molar refractivity (Wildman–Crippen MR) is 45.7 cm³/mol. The summed E-state index contributed by atoms with van der Waals surface area (Å²) in [7, 11) is 0. The van der Waals surface area contributed by atoms with E-state index in [9.17, 15) is 0 Å². The number of thioether (sulfide) groups is 2. The Morgan fingerprint density at radius 3 is 1.62 bits per heavy atom. The van der Waals surface area contributed by atoms with Crippen molar-refractivity contribution >= 4 is 23.5 Å². The largest absolute Gasteiger partial charge is 0.147 e. The Labute approximate surface area is 60.8 Å². The van der Waals surface area contributed by atoms with E-state index in [1.165, 1.54) is 11.5 Å². The van der Waals surface area contributed by atoms with Crippen molar-refractivity contribution in [2.75, 3.05) is 11.5 Å². The highest BCUT2D eigenvalue weighted by molar-refractivity contribution is 8.20. The molecule has 1 fully saturated rings. The fourth-order valence-electron chi connectivity index (χ4n) is 0.476. The maximum atomic E-state index is 2.27. The molecule has 0 radical (unpaired) electrons. The van der Waals surface area contributed by atoms with Gasteiger partial charge in [0.1, 0.15) is 0 Å². The Morgan fingerprint density at radius 1 is 1.12 bits per heavy atom. The molecule has 1 rings (SSSR count). The first kappa shape index (κ1) is 8.70. The van der Waals surface area contributed by atoms with E-state index in [4.69, 9.17) is 0 Å². The molecular weight excluding hydrogens is 136 g/mol. The van der Waals surface area contributed by atoms with Gasteiger partial charge in [-0.15, -0.1) is 23.5 Å². The van der Waals surface area contributed by atoms with Gasteiger partial charge in [-0.2, -0.15) is 0 Å². The Bertz CT molecular complexity index is 39.8. The van der Waals surface area contributed by atoms with Crippen LogP contribution in [0.25, 0.3) is 0 Å². The molecule has 1 heterocycles. The fraction of sp³-hybridized carbons (Fsp3) is 1.00. The van der Waals surface area contributed by atoms with Gasteiger partial charge in [-0.3, -0.25) is 0 Å². The molecule has 0 nitrogen and oxygen atoms in total. The van der Waals surface area contributed by atoms with Crippen LogP contribution in [0.2, 0.25) is 0 Å². The first-order chi connectivity index (χ1) is 3.89. The lowest BCUT2D eigenvalue weighted by molar-refractivity contribution is 1.44. The van der Waals surface area contributed by atoms with Crippen LogP contribution in [0.5, 0.6) is 0 Å². The monoisotopic (exact) mass is 150 g/mol. The minimum Gasteiger partial charge on any atom is -0.147 e. The summed E-state index contributed by atoms with van der Waals surface area (Å²) in [5, 5.41) is 0. The third-order valence-corrected chi connectivity index (χ3v) is 3.68. The SMILES string of the molecule is CC.CC1SCCS1. The molecule has 1 aliphatic heterocycles. The fourth-order valence-corrected chi connectivity index (χ4v) is 2.87. The zero-order chi connectivity index (χ0) is 6.41. The minimum absolute atomic E-state index is 0.880. The van der Waals surface area contributed by atoms with E-state index >= 15 is 0 Å². The summed E-state index contributed by atoms with van der Waals surface area (Å²) >= 11 is 4.12. The first-order valence-electron chi connectivity index (χ1n) is 3.13. The standard InChI is InChI=1S/C4H8S2.C2H6/c1-4-5-2-3-6-4;1-2/h4H,2-3H2,1H3;1-2H3. The average Bonchev–Trinajstić information content (AvgIpc) is 2.24. The highest BCUT2D eigenvalue weighted by Gasteiger charge is 2.08. The van der Waals surface area contributed by atoms with Crippen LogP contribution in [0.4, 0.5) is 0 Å². The van der Waals surface area contributed by atoms with Crippen molar-refractivity contribution in [3.8, 4) is 0 Å². The zero-order valence-electron chi connectivity index (χ0n) is 5.81. The maximum absolute atomic E-state index is 2.27. The molecule has 0 amide bonds. The summed E-state index contributed by atoms with van der Waals surface area (Å²) in [6, 6.07) is 0. The number of hydrogen-bond acceptors (Lipinski definition) is 2. The van der Waals surface area contributed by atoms with E-state index in [1.807, 2.05) is 13.8 Å². The van der Waals surface area contributed by atoms with Crippen LogP contribution in [0.15, 0.2) is 0 Å². The lowest BCUT2D eigenvalue weighted by Crippen LogP contribution is -1.74. The van der Waals surface area contributed by atoms with Crippen LogP contribution < -0.4 is 0 Å². The van der Waals surface area contributed by atoms with E-state index in [0.29, 0.717) is 0 Å². The first-order valence-corrected chi connectivity index (χ1v) is 5.22. The quantitative estimate of drug-likeness (QED) is 0.521. The second kappa shape index (κ2) is 5.83. The average molecular weight is 150 g/mol. The van der Waals surface area contributed by atoms with Crippen LogP contribution in [0, 0.1) is 0 Å². The summed E-state index contributed by atoms with van der Waals surface area (Å²) in [5.41, 5.74) is 0. The molecule has 1 aliphatic rings. The van der Waals surface area contributed by atoms with Gasteiger partial charge in [0.2, 0.25) is 0 Å². The smallest absolute Gasteiger partial charge is 0.0474 e. The van der Waals surface area contributed by atoms with E-state index in [-0.39, 0.29) is 0 Å². The second-order valence-electron chi connectivity index (χ2n) is 1.31. The summed E-state index contributed by atoms with van der Waals surface area (Å²) in [6.45, 7) is 6.27. The highest BCUT2D eigenvalue weighted by atomic mass is 32.2. The molecule has 0 aromatic carbocycles. The normalized spacial score (nSPS) is 19.9. The van der Waals surface area contributed by atoms with Crippen LogP contribution in [0.3, 0.4) is 0 Å². The molecule has 1 saturated heterocycles. The Balaban J connectivity index is 0.000000222. The Kier molecular flexibility index (Phi) is 6.34. The molecule has 0 aliphatic carbocycles. The zero-order valence-corrected chi connectivity index (χ0v) is 7.44. The van der Waals surface area contributed by atoms with E-state index in [2.05, 4.69) is 30.4 Å². The number of rotatable bonds is 0. The summed E-state index contributed by atoms with van der Waals surface area (Å²) in [5.74, 6) is 2.73. The van der Waals surface area contributed by atoms with Gasteiger partial charge in [0.15, 0.2) is 0 Å². The molecule has 2 heteroatoms. The lowest BCUT2D eigenvalue weighted by atomic mass is 11.0. The molecular formula is C6H14S2. The van der Waals surface area contributed by atoms with Crippen molar-refractivity contribution in [2.45, 2.75) is 25.4 Å². The molecule has 0 aromatic rings. The van der Waals surface area contributed by atoms with Crippen molar-refractivity contribution < 1.29 is 0 Å². The van der Waals surface area contributed by atoms with Gasteiger partial charge in [0.25, 0.3) is 0 Å². The van der Waals surface area contributed by atoms with Gasteiger partial charge < -0.3 is 0 Å². The topological polar surface area (TPSA) is 0 Å². The van der Waals surface area contributed by atoms with Crippen LogP contribution in [0.1, 0.15) is 20.8 Å².